The van der Waals surface area contributed by atoms with Crippen LogP contribution in [0.3, 0.4) is 0 Å². The van der Waals surface area contributed by atoms with E-state index in [2.05, 4.69) is 15.3 Å². The molecular weight excluding hydrogens is 248 g/mol. The van der Waals surface area contributed by atoms with Crippen molar-refractivity contribution in [3.8, 4) is 0 Å². The minimum absolute atomic E-state index is 0.748. The molecule has 0 bridgehead atoms. The van der Waals surface area contributed by atoms with Gasteiger partial charge < -0.3 is 10.2 Å². The quantitative estimate of drug-likeness (QED) is 0.831. The molecule has 18 heavy (non-hydrogen) atoms. The Kier molecular flexibility index (Phi) is 5.03. The molecule has 0 aromatic carbocycles. The maximum Gasteiger partial charge on any atom is 0.131 e. The summed E-state index contributed by atoms with van der Waals surface area (Å²) in [6, 6.07) is 0. The Morgan fingerprint density at radius 3 is 2.61 bits per heavy atom. The van der Waals surface area contributed by atoms with Crippen molar-refractivity contribution < 1.29 is 0 Å². The standard InChI is InChI=1S/C13H23ClN4/c1-11-12(13(14)17(2)16-11)10-15-6-9-18-7-4-3-5-8-18/h15H,3-10H2,1-2H3. The van der Waals surface area contributed by atoms with Crippen molar-refractivity contribution in [1.82, 2.24) is 20.0 Å². The number of hydrogen-bond donors (Lipinski definition) is 1. The molecule has 4 nitrogen and oxygen atoms in total. The molecule has 0 atom stereocenters. The summed E-state index contributed by atoms with van der Waals surface area (Å²) in [6.07, 6.45) is 4.11. The highest BCUT2D eigenvalue weighted by Crippen LogP contribution is 2.17. The molecule has 0 unspecified atom stereocenters. The summed E-state index contributed by atoms with van der Waals surface area (Å²) in [5.74, 6) is 0. The number of rotatable bonds is 5. The molecule has 0 aliphatic carbocycles. The van der Waals surface area contributed by atoms with Gasteiger partial charge in [0.2, 0.25) is 0 Å². The summed E-state index contributed by atoms with van der Waals surface area (Å²) in [5, 5.41) is 8.53. The SMILES string of the molecule is Cc1nn(C)c(Cl)c1CNCCN1CCCCC1. The third-order valence-electron chi connectivity index (χ3n) is 3.63. The number of nitrogens with one attached hydrogen (secondary N) is 1. The molecule has 1 aromatic heterocycles. The van der Waals surface area contributed by atoms with E-state index in [-0.39, 0.29) is 0 Å². The van der Waals surface area contributed by atoms with Gasteiger partial charge in [-0.15, -0.1) is 0 Å². The molecule has 1 fully saturated rings. The van der Waals surface area contributed by atoms with Crippen LogP contribution in [0.25, 0.3) is 0 Å². The van der Waals surface area contributed by atoms with Crippen LogP contribution in [0.1, 0.15) is 30.5 Å². The monoisotopic (exact) mass is 270 g/mol. The molecule has 1 aromatic rings. The number of piperidine rings is 1. The fraction of sp³-hybridized carbons (Fsp3) is 0.769. The molecule has 102 valence electrons. The van der Waals surface area contributed by atoms with E-state index in [1.165, 1.54) is 32.4 Å². The van der Waals surface area contributed by atoms with E-state index in [9.17, 15) is 0 Å². The zero-order chi connectivity index (χ0) is 13.0. The van der Waals surface area contributed by atoms with Crippen LogP contribution < -0.4 is 5.32 Å². The van der Waals surface area contributed by atoms with Crippen LogP contribution in [-0.4, -0.2) is 40.9 Å². The van der Waals surface area contributed by atoms with Gasteiger partial charge >= 0.3 is 0 Å². The maximum atomic E-state index is 6.19. The van der Waals surface area contributed by atoms with Crippen LogP contribution in [0.4, 0.5) is 0 Å². The van der Waals surface area contributed by atoms with E-state index < -0.39 is 0 Å². The predicted octanol–water partition coefficient (Wildman–Crippen LogP) is 1.96. The zero-order valence-corrected chi connectivity index (χ0v) is 12.1. The van der Waals surface area contributed by atoms with Gasteiger partial charge in [-0.05, 0) is 32.9 Å². The van der Waals surface area contributed by atoms with E-state index in [1.54, 1.807) is 4.68 Å². The van der Waals surface area contributed by atoms with Crippen molar-refractivity contribution in [2.24, 2.45) is 7.05 Å². The first-order valence-electron chi connectivity index (χ1n) is 6.79. The van der Waals surface area contributed by atoms with Gasteiger partial charge in [0.05, 0.1) is 5.69 Å². The number of hydrogen-bond acceptors (Lipinski definition) is 3. The van der Waals surface area contributed by atoms with Gasteiger partial charge in [0.25, 0.3) is 0 Å². The zero-order valence-electron chi connectivity index (χ0n) is 11.4. The molecule has 1 N–H and O–H groups in total. The van der Waals surface area contributed by atoms with E-state index in [0.29, 0.717) is 0 Å². The Morgan fingerprint density at radius 2 is 2.00 bits per heavy atom. The summed E-state index contributed by atoms with van der Waals surface area (Å²) in [5.41, 5.74) is 2.14. The number of aromatic nitrogens is 2. The maximum absolute atomic E-state index is 6.19. The highest BCUT2D eigenvalue weighted by Gasteiger charge is 2.11. The molecule has 1 saturated heterocycles. The Hall–Kier alpha value is -0.580. The third kappa shape index (κ3) is 3.46. The smallest absolute Gasteiger partial charge is 0.131 e. The van der Waals surface area contributed by atoms with Gasteiger partial charge in [0.15, 0.2) is 0 Å². The fourth-order valence-corrected chi connectivity index (χ4v) is 2.75. The van der Waals surface area contributed by atoms with E-state index in [0.717, 1.165) is 36.0 Å². The van der Waals surface area contributed by atoms with Crippen LogP contribution >= 0.6 is 11.6 Å². The van der Waals surface area contributed by atoms with Crippen LogP contribution in [0, 0.1) is 6.92 Å². The molecule has 0 saturated carbocycles. The van der Waals surface area contributed by atoms with Crippen molar-refractivity contribution in [3.05, 3.63) is 16.4 Å². The van der Waals surface area contributed by atoms with Crippen LogP contribution in [0.15, 0.2) is 0 Å². The summed E-state index contributed by atoms with van der Waals surface area (Å²) in [6.45, 7) is 7.49. The molecular formula is C13H23ClN4. The first-order valence-corrected chi connectivity index (χ1v) is 7.17. The second-order valence-electron chi connectivity index (χ2n) is 5.06. The highest BCUT2D eigenvalue weighted by atomic mass is 35.5. The van der Waals surface area contributed by atoms with E-state index in [1.807, 2.05) is 14.0 Å². The van der Waals surface area contributed by atoms with Gasteiger partial charge in [-0.2, -0.15) is 5.10 Å². The van der Waals surface area contributed by atoms with Crippen LogP contribution in [0.5, 0.6) is 0 Å². The van der Waals surface area contributed by atoms with Crippen LogP contribution in [0.2, 0.25) is 5.15 Å². The Morgan fingerprint density at radius 1 is 1.28 bits per heavy atom. The molecule has 2 rings (SSSR count). The highest BCUT2D eigenvalue weighted by molar-refractivity contribution is 6.30. The van der Waals surface area contributed by atoms with E-state index >= 15 is 0 Å². The van der Waals surface area contributed by atoms with Gasteiger partial charge in [-0.1, -0.05) is 18.0 Å². The normalized spacial score (nSPS) is 17.3. The van der Waals surface area contributed by atoms with Gasteiger partial charge in [-0.25, -0.2) is 0 Å². The van der Waals surface area contributed by atoms with Gasteiger partial charge in [0, 0.05) is 32.2 Å². The lowest BCUT2D eigenvalue weighted by Gasteiger charge is -2.26. The molecule has 1 aliphatic heterocycles. The van der Waals surface area contributed by atoms with Gasteiger partial charge in [-0.3, -0.25) is 4.68 Å². The topological polar surface area (TPSA) is 33.1 Å². The third-order valence-corrected chi connectivity index (χ3v) is 4.10. The molecule has 5 heteroatoms. The summed E-state index contributed by atoms with van der Waals surface area (Å²) in [4.78, 5) is 2.54. The average molecular weight is 271 g/mol. The first kappa shape index (κ1) is 13.8. The summed E-state index contributed by atoms with van der Waals surface area (Å²) < 4.78 is 1.73. The molecule has 0 radical (unpaired) electrons. The van der Waals surface area contributed by atoms with Crippen molar-refractivity contribution in [3.63, 3.8) is 0 Å². The minimum atomic E-state index is 0.748. The number of aryl methyl sites for hydroxylation is 2. The fourth-order valence-electron chi connectivity index (χ4n) is 2.51. The van der Waals surface area contributed by atoms with Gasteiger partial charge in [0.1, 0.15) is 5.15 Å². The lowest BCUT2D eigenvalue weighted by molar-refractivity contribution is 0.229. The molecule has 1 aliphatic rings. The van der Waals surface area contributed by atoms with Crippen molar-refractivity contribution in [2.75, 3.05) is 26.2 Å². The minimum Gasteiger partial charge on any atom is -0.311 e. The summed E-state index contributed by atoms with van der Waals surface area (Å²) in [7, 11) is 1.88. The Labute approximate surface area is 114 Å². The first-order chi connectivity index (χ1) is 8.68. The van der Waals surface area contributed by atoms with Crippen molar-refractivity contribution in [2.45, 2.75) is 32.7 Å². The largest absolute Gasteiger partial charge is 0.311 e. The predicted molar refractivity (Wildman–Crippen MR) is 75.0 cm³/mol. The van der Waals surface area contributed by atoms with E-state index in [4.69, 9.17) is 11.6 Å². The Balaban J connectivity index is 1.71. The van der Waals surface area contributed by atoms with Crippen molar-refractivity contribution >= 4 is 11.6 Å². The molecule has 0 amide bonds. The number of likely N-dealkylation sites (tertiary alicyclic amines) is 1. The second-order valence-corrected chi connectivity index (χ2v) is 5.42. The summed E-state index contributed by atoms with van der Waals surface area (Å²) >= 11 is 6.19. The average Bonchev–Trinajstić information content (AvgIpc) is 2.61. The molecule has 0 spiro atoms. The van der Waals surface area contributed by atoms with Crippen molar-refractivity contribution in [1.29, 1.82) is 0 Å². The lowest BCUT2D eigenvalue weighted by atomic mass is 10.1. The lowest BCUT2D eigenvalue weighted by Crippen LogP contribution is -2.35. The second kappa shape index (κ2) is 6.55. The molecule has 2 heterocycles. The number of halogens is 1. The van der Waals surface area contributed by atoms with Crippen LogP contribution in [-0.2, 0) is 13.6 Å². The number of nitrogens with zero attached hydrogens (tertiary/aromatic N) is 3. The Bertz CT molecular complexity index is 383.